The summed E-state index contributed by atoms with van der Waals surface area (Å²) in [5, 5.41) is 19.5. The van der Waals surface area contributed by atoms with E-state index < -0.39 is 29.7 Å². The summed E-state index contributed by atoms with van der Waals surface area (Å²) in [5.74, 6) is -0.799. The van der Waals surface area contributed by atoms with E-state index in [1.807, 2.05) is 109 Å². The number of urea groups is 1. The summed E-state index contributed by atoms with van der Waals surface area (Å²) in [4.78, 5) is 61.5. The molecule has 1 aromatic heterocycles. The Morgan fingerprint density at radius 3 is 2.38 bits per heavy atom. The number of hydrogen-bond donors (Lipinski definition) is 4. The number of carbonyl (C=O) groups excluding carboxylic acids is 4. The van der Waals surface area contributed by atoms with Gasteiger partial charge in [-0.05, 0) is 72.9 Å². The van der Waals surface area contributed by atoms with Crippen LogP contribution in [0.4, 0.5) is 9.59 Å². The van der Waals surface area contributed by atoms with Gasteiger partial charge in [0.05, 0.1) is 31.5 Å². The normalized spacial score (nSPS) is 15.3. The van der Waals surface area contributed by atoms with Crippen molar-refractivity contribution >= 4 is 23.9 Å². The smallest absolute Gasteiger partial charge is 0.406 e. The molecule has 4 N–H and O–H groups in total. The monoisotopic (exact) mass is 771 g/mol. The van der Waals surface area contributed by atoms with Gasteiger partial charge in [-0.1, -0.05) is 88.7 Å². The van der Waals surface area contributed by atoms with E-state index in [1.54, 1.807) is 14.8 Å². The number of hydrazine groups is 1. The van der Waals surface area contributed by atoms with E-state index in [-0.39, 0.29) is 43.3 Å². The lowest BCUT2D eigenvalue weighted by Crippen LogP contribution is -2.58. The Bertz CT molecular complexity index is 1790. The van der Waals surface area contributed by atoms with E-state index in [0.29, 0.717) is 39.0 Å². The van der Waals surface area contributed by atoms with Crippen molar-refractivity contribution in [3.8, 4) is 0 Å². The van der Waals surface area contributed by atoms with Crippen LogP contribution in [0.1, 0.15) is 74.2 Å². The molecule has 4 rings (SSSR count). The third-order valence-electron chi connectivity index (χ3n) is 10.5. The summed E-state index contributed by atoms with van der Waals surface area (Å²) in [5.41, 5.74) is 8.14. The molecule has 1 saturated heterocycles. The third-order valence-corrected chi connectivity index (χ3v) is 10.5. The Balaban J connectivity index is 1.57. The molecule has 13 nitrogen and oxygen atoms in total. The number of ether oxygens (including phenoxy) is 1. The van der Waals surface area contributed by atoms with E-state index >= 15 is 0 Å². The fourth-order valence-electron chi connectivity index (χ4n) is 6.96. The standard InChI is InChI=1S/C43H61N7O6/c1-9-29(2)39(50-21-20-48(42(50)55)26-35-17-13-14-32(5)45-35)40(53)46-36(23-33-15-11-10-12-16-33)37(51)27-49(25-34-19-18-30(3)31(4)22-34)47-38(52)24-43(6,7)28-44-41(54)56-8/h10-19,22,29,36-37,39,51H,9,20-21,23-28H2,1-8H3,(H,44,54)(H,46,53)(H,47,52). The van der Waals surface area contributed by atoms with Crippen LogP contribution in [0, 0.1) is 32.1 Å². The molecule has 13 heteroatoms. The number of rotatable bonds is 19. The van der Waals surface area contributed by atoms with Gasteiger partial charge >= 0.3 is 12.1 Å². The molecule has 1 aliphatic rings. The maximum atomic E-state index is 14.4. The second-order valence-corrected chi connectivity index (χ2v) is 15.9. The Kier molecular flexibility index (Phi) is 15.8. The molecular weight excluding hydrogens is 711 g/mol. The van der Waals surface area contributed by atoms with Gasteiger partial charge in [-0.2, -0.15) is 0 Å². The van der Waals surface area contributed by atoms with Crippen LogP contribution in [0.5, 0.6) is 0 Å². The Morgan fingerprint density at radius 1 is 0.982 bits per heavy atom. The second kappa shape index (κ2) is 20.2. The molecule has 0 bridgehead atoms. The first kappa shape index (κ1) is 43.7. The summed E-state index contributed by atoms with van der Waals surface area (Å²) >= 11 is 0. The molecule has 2 aromatic carbocycles. The van der Waals surface area contributed by atoms with E-state index in [2.05, 4.69) is 27.1 Å². The molecule has 2 heterocycles. The number of aliphatic hydroxyl groups is 1. The first-order chi connectivity index (χ1) is 26.6. The summed E-state index contributed by atoms with van der Waals surface area (Å²) in [6, 6.07) is 19.7. The summed E-state index contributed by atoms with van der Waals surface area (Å²) < 4.78 is 4.69. The van der Waals surface area contributed by atoms with Crippen molar-refractivity contribution in [3.63, 3.8) is 0 Å². The van der Waals surface area contributed by atoms with Crippen molar-refractivity contribution in [2.75, 3.05) is 33.3 Å². The van der Waals surface area contributed by atoms with Crippen LogP contribution in [0.3, 0.4) is 0 Å². The molecule has 4 unspecified atom stereocenters. The van der Waals surface area contributed by atoms with Crippen LogP contribution < -0.4 is 16.1 Å². The summed E-state index contributed by atoms with van der Waals surface area (Å²) in [6.07, 6.45) is -0.647. The van der Waals surface area contributed by atoms with Gasteiger partial charge in [0.15, 0.2) is 0 Å². The highest BCUT2D eigenvalue weighted by molar-refractivity contribution is 5.88. The molecule has 1 aliphatic heterocycles. The van der Waals surface area contributed by atoms with E-state index in [9.17, 15) is 24.3 Å². The second-order valence-electron chi connectivity index (χ2n) is 15.9. The number of pyridine rings is 1. The van der Waals surface area contributed by atoms with Crippen molar-refractivity contribution < 1.29 is 29.0 Å². The number of amides is 5. The number of carbonyl (C=O) groups is 4. The molecule has 0 spiro atoms. The number of hydrogen-bond acceptors (Lipinski definition) is 8. The number of methoxy groups -OCH3 is 1. The van der Waals surface area contributed by atoms with Gasteiger partial charge in [-0.15, -0.1) is 0 Å². The fraction of sp³-hybridized carbons (Fsp3) is 0.512. The predicted molar refractivity (Wildman–Crippen MR) is 216 cm³/mol. The number of benzene rings is 2. The molecule has 56 heavy (non-hydrogen) atoms. The Morgan fingerprint density at radius 2 is 1.71 bits per heavy atom. The molecule has 0 saturated carbocycles. The number of aryl methyl sites for hydroxylation is 3. The lowest BCUT2D eigenvalue weighted by Gasteiger charge is -2.35. The average molecular weight is 772 g/mol. The molecule has 0 aliphatic carbocycles. The topological polar surface area (TPSA) is 156 Å². The Hall–Kier alpha value is -5.01. The van der Waals surface area contributed by atoms with E-state index in [0.717, 1.165) is 33.6 Å². The lowest BCUT2D eigenvalue weighted by atomic mass is 9.89. The highest BCUT2D eigenvalue weighted by atomic mass is 16.5. The molecule has 3 aromatic rings. The van der Waals surface area contributed by atoms with Crippen LogP contribution >= 0.6 is 0 Å². The van der Waals surface area contributed by atoms with Crippen LogP contribution in [-0.2, 0) is 33.8 Å². The highest BCUT2D eigenvalue weighted by Crippen LogP contribution is 2.24. The van der Waals surface area contributed by atoms with Crippen LogP contribution in [0.2, 0.25) is 0 Å². The number of aromatic nitrogens is 1. The quantitative estimate of drug-likeness (QED) is 0.124. The van der Waals surface area contributed by atoms with Crippen molar-refractivity contribution in [3.05, 3.63) is 100 Å². The molecule has 1 fully saturated rings. The predicted octanol–water partition coefficient (Wildman–Crippen LogP) is 5.05. The minimum absolute atomic E-state index is 0.00873. The van der Waals surface area contributed by atoms with Gasteiger partial charge in [0.2, 0.25) is 11.8 Å². The van der Waals surface area contributed by atoms with Gasteiger partial charge in [0.1, 0.15) is 6.04 Å². The van der Waals surface area contributed by atoms with Crippen LogP contribution in [-0.4, -0.2) is 100 Å². The molecule has 304 valence electrons. The zero-order valence-electron chi connectivity index (χ0n) is 34.3. The Labute approximate surface area is 332 Å². The first-order valence-corrected chi connectivity index (χ1v) is 19.5. The third kappa shape index (κ3) is 12.8. The summed E-state index contributed by atoms with van der Waals surface area (Å²) in [6.45, 7) is 15.4. The lowest BCUT2D eigenvalue weighted by molar-refractivity contribution is -0.131. The first-order valence-electron chi connectivity index (χ1n) is 19.5. The maximum absolute atomic E-state index is 14.4. The minimum Gasteiger partial charge on any atom is -0.453 e. The fourth-order valence-corrected chi connectivity index (χ4v) is 6.96. The number of alkyl carbamates (subject to hydrolysis) is 1. The van der Waals surface area contributed by atoms with E-state index in [1.165, 1.54) is 7.11 Å². The number of nitrogens with one attached hydrogen (secondary N) is 3. The van der Waals surface area contributed by atoms with Gasteiger partial charge in [0, 0.05) is 44.8 Å². The van der Waals surface area contributed by atoms with Gasteiger partial charge < -0.3 is 30.3 Å². The maximum Gasteiger partial charge on any atom is 0.406 e. The van der Waals surface area contributed by atoms with Crippen molar-refractivity contribution in [2.24, 2.45) is 11.3 Å². The van der Waals surface area contributed by atoms with E-state index in [4.69, 9.17) is 4.74 Å². The molecule has 4 atom stereocenters. The molecule has 5 amide bonds. The van der Waals surface area contributed by atoms with Gasteiger partial charge in [0.25, 0.3) is 0 Å². The number of nitrogens with zero attached hydrogens (tertiary/aromatic N) is 4. The zero-order valence-corrected chi connectivity index (χ0v) is 34.3. The minimum atomic E-state index is -1.13. The van der Waals surface area contributed by atoms with Gasteiger partial charge in [-0.3, -0.25) is 20.0 Å². The van der Waals surface area contributed by atoms with Crippen LogP contribution in [0.15, 0.2) is 66.7 Å². The largest absolute Gasteiger partial charge is 0.453 e. The van der Waals surface area contributed by atoms with Crippen molar-refractivity contribution in [1.29, 1.82) is 0 Å². The van der Waals surface area contributed by atoms with Crippen molar-refractivity contribution in [1.82, 2.24) is 35.9 Å². The van der Waals surface area contributed by atoms with Crippen LogP contribution in [0.25, 0.3) is 0 Å². The number of aliphatic hydroxyl groups excluding tert-OH is 1. The van der Waals surface area contributed by atoms with Crippen molar-refractivity contribution in [2.45, 2.75) is 99.0 Å². The summed E-state index contributed by atoms with van der Waals surface area (Å²) in [7, 11) is 1.29. The highest BCUT2D eigenvalue weighted by Gasteiger charge is 2.41. The molecule has 0 radical (unpaired) electrons. The zero-order chi connectivity index (χ0) is 41.0. The van der Waals surface area contributed by atoms with Gasteiger partial charge in [-0.25, -0.2) is 14.6 Å². The average Bonchev–Trinajstić information content (AvgIpc) is 3.50. The SMILES string of the molecule is CCC(C)C(C(=O)NC(Cc1ccccc1)C(O)CN(Cc1ccc(C)c(C)c1)NC(=O)CC(C)(C)CNC(=O)OC)N1CCN(Cc2cccc(C)n2)C1=O. The molecular formula is C43H61N7O6.